The van der Waals surface area contributed by atoms with Crippen LogP contribution >= 0.6 is 12.4 Å². The average Bonchev–Trinajstić information content (AvgIpc) is 2.04. The van der Waals surface area contributed by atoms with Gasteiger partial charge >= 0.3 is 0 Å². The van der Waals surface area contributed by atoms with E-state index in [1.807, 2.05) is 13.8 Å². The largest absolute Gasteiger partial charge is 0.324 e. The Hall–Kier alpha value is -0.600. The van der Waals surface area contributed by atoms with Crippen molar-refractivity contribution in [1.29, 1.82) is 0 Å². The molecule has 0 bridgehead atoms. The van der Waals surface area contributed by atoms with Gasteiger partial charge in [0.1, 0.15) is 5.82 Å². The topological polar surface area (TPSA) is 26.0 Å². The second kappa shape index (κ2) is 5.20. The van der Waals surface area contributed by atoms with E-state index in [1.54, 1.807) is 18.2 Å². The fraction of sp³-hybridized carbons (Fsp3) is 0.400. The third-order valence-corrected chi connectivity index (χ3v) is 1.98. The summed E-state index contributed by atoms with van der Waals surface area (Å²) in [5.41, 5.74) is 6.40. The zero-order valence-electron chi connectivity index (χ0n) is 7.83. The van der Waals surface area contributed by atoms with Gasteiger partial charge in [0.2, 0.25) is 0 Å². The molecule has 1 aromatic rings. The van der Waals surface area contributed by atoms with Gasteiger partial charge in [0.25, 0.3) is 0 Å². The molecule has 13 heavy (non-hydrogen) atoms. The first-order valence-electron chi connectivity index (χ1n) is 4.13. The molecule has 0 unspecified atom stereocenters. The van der Waals surface area contributed by atoms with Crippen molar-refractivity contribution in [2.45, 2.75) is 19.9 Å². The molecule has 1 aromatic carbocycles. The van der Waals surface area contributed by atoms with E-state index in [0.717, 1.165) is 0 Å². The van der Waals surface area contributed by atoms with Gasteiger partial charge in [-0.15, -0.1) is 12.4 Å². The lowest BCUT2D eigenvalue weighted by Crippen LogP contribution is -2.17. The normalized spacial score (nSPS) is 12.4. The van der Waals surface area contributed by atoms with Crippen molar-refractivity contribution in [3.05, 3.63) is 35.6 Å². The first-order valence-corrected chi connectivity index (χ1v) is 4.13. The van der Waals surface area contributed by atoms with Crippen LogP contribution in [0.15, 0.2) is 24.3 Å². The quantitative estimate of drug-likeness (QED) is 0.786. The van der Waals surface area contributed by atoms with Gasteiger partial charge in [-0.2, -0.15) is 0 Å². The predicted molar refractivity (Wildman–Crippen MR) is 55.4 cm³/mol. The maximum atomic E-state index is 13.1. The van der Waals surface area contributed by atoms with Crippen molar-refractivity contribution in [3.63, 3.8) is 0 Å². The standard InChI is InChI=1S/C10H14FN.ClH/c1-7(2)10(12)8-5-3-4-6-9(8)11;/h3-7,10H,12H2,1-2H3;1H/t10-;/m0./s1. The summed E-state index contributed by atoms with van der Waals surface area (Å²) in [6.45, 7) is 3.97. The molecule has 0 spiro atoms. The van der Waals surface area contributed by atoms with Gasteiger partial charge < -0.3 is 5.73 Å². The lowest BCUT2D eigenvalue weighted by Gasteiger charge is -2.16. The Bertz CT molecular complexity index is 263. The van der Waals surface area contributed by atoms with Crippen molar-refractivity contribution in [1.82, 2.24) is 0 Å². The maximum Gasteiger partial charge on any atom is 0.127 e. The van der Waals surface area contributed by atoms with E-state index in [-0.39, 0.29) is 30.2 Å². The fourth-order valence-electron chi connectivity index (χ4n) is 1.10. The van der Waals surface area contributed by atoms with Crippen LogP contribution in [0.2, 0.25) is 0 Å². The molecule has 0 aliphatic carbocycles. The van der Waals surface area contributed by atoms with Gasteiger partial charge in [0, 0.05) is 11.6 Å². The SMILES string of the molecule is CC(C)[C@H](N)c1ccccc1F.Cl. The summed E-state index contributed by atoms with van der Waals surface area (Å²) in [5.74, 6) is 0.0561. The summed E-state index contributed by atoms with van der Waals surface area (Å²) in [6, 6.07) is 6.45. The van der Waals surface area contributed by atoms with Gasteiger partial charge in [0.05, 0.1) is 0 Å². The first-order chi connectivity index (χ1) is 5.63. The van der Waals surface area contributed by atoms with Crippen LogP contribution in [0.4, 0.5) is 4.39 Å². The molecule has 1 nitrogen and oxygen atoms in total. The summed E-state index contributed by atoms with van der Waals surface area (Å²) >= 11 is 0. The van der Waals surface area contributed by atoms with Crippen LogP contribution < -0.4 is 5.73 Å². The number of halogens is 2. The number of hydrogen-bond acceptors (Lipinski definition) is 1. The van der Waals surface area contributed by atoms with Crippen molar-refractivity contribution in [2.75, 3.05) is 0 Å². The third kappa shape index (κ3) is 2.98. The van der Waals surface area contributed by atoms with Crippen molar-refractivity contribution >= 4 is 12.4 Å². The molecule has 2 N–H and O–H groups in total. The highest BCUT2D eigenvalue weighted by atomic mass is 35.5. The second-order valence-electron chi connectivity index (χ2n) is 3.29. The Kier molecular flexibility index (Phi) is 4.96. The van der Waals surface area contributed by atoms with Crippen LogP contribution in [-0.2, 0) is 0 Å². The van der Waals surface area contributed by atoms with E-state index in [4.69, 9.17) is 5.73 Å². The van der Waals surface area contributed by atoms with E-state index in [0.29, 0.717) is 5.56 Å². The van der Waals surface area contributed by atoms with Gasteiger partial charge in [-0.25, -0.2) is 4.39 Å². The van der Waals surface area contributed by atoms with E-state index >= 15 is 0 Å². The molecule has 0 aliphatic rings. The molecule has 0 heterocycles. The molecule has 1 atom stereocenters. The van der Waals surface area contributed by atoms with Crippen LogP contribution in [0.3, 0.4) is 0 Å². The minimum atomic E-state index is -0.210. The van der Waals surface area contributed by atoms with Gasteiger partial charge in [-0.05, 0) is 12.0 Å². The molecule has 0 amide bonds. The van der Waals surface area contributed by atoms with Crippen LogP contribution in [0, 0.1) is 11.7 Å². The molecule has 74 valence electrons. The molecule has 0 aliphatic heterocycles. The average molecular weight is 204 g/mol. The monoisotopic (exact) mass is 203 g/mol. The molecule has 1 rings (SSSR count). The number of benzene rings is 1. The van der Waals surface area contributed by atoms with E-state index in [2.05, 4.69) is 0 Å². The Balaban J connectivity index is 0.00000144. The Morgan fingerprint density at radius 1 is 1.23 bits per heavy atom. The summed E-state index contributed by atoms with van der Waals surface area (Å²) in [5, 5.41) is 0. The summed E-state index contributed by atoms with van der Waals surface area (Å²) in [4.78, 5) is 0. The number of nitrogens with two attached hydrogens (primary N) is 1. The van der Waals surface area contributed by atoms with Gasteiger partial charge in [0.15, 0.2) is 0 Å². The smallest absolute Gasteiger partial charge is 0.127 e. The summed E-state index contributed by atoms with van der Waals surface area (Å²) in [6.07, 6.45) is 0. The molecular formula is C10H15ClFN. The molecular weight excluding hydrogens is 189 g/mol. The van der Waals surface area contributed by atoms with Crippen LogP contribution in [-0.4, -0.2) is 0 Å². The lowest BCUT2D eigenvalue weighted by atomic mass is 9.97. The van der Waals surface area contributed by atoms with Crippen molar-refractivity contribution in [2.24, 2.45) is 11.7 Å². The zero-order chi connectivity index (χ0) is 9.14. The molecule has 0 radical (unpaired) electrons. The van der Waals surface area contributed by atoms with E-state index in [9.17, 15) is 4.39 Å². The predicted octanol–water partition coefficient (Wildman–Crippen LogP) is 2.90. The molecule has 3 heteroatoms. The van der Waals surface area contributed by atoms with Crippen molar-refractivity contribution in [3.8, 4) is 0 Å². The highest BCUT2D eigenvalue weighted by molar-refractivity contribution is 5.85. The lowest BCUT2D eigenvalue weighted by molar-refractivity contribution is 0.485. The number of hydrogen-bond donors (Lipinski definition) is 1. The van der Waals surface area contributed by atoms with Crippen LogP contribution in [0.1, 0.15) is 25.5 Å². The minimum Gasteiger partial charge on any atom is -0.324 e. The maximum absolute atomic E-state index is 13.1. The first kappa shape index (κ1) is 12.4. The van der Waals surface area contributed by atoms with E-state index in [1.165, 1.54) is 6.07 Å². The van der Waals surface area contributed by atoms with Crippen LogP contribution in [0.25, 0.3) is 0 Å². The van der Waals surface area contributed by atoms with Crippen LogP contribution in [0.5, 0.6) is 0 Å². The number of rotatable bonds is 2. The Morgan fingerprint density at radius 3 is 2.23 bits per heavy atom. The molecule has 0 aromatic heterocycles. The molecule has 0 fully saturated rings. The molecule has 0 saturated carbocycles. The van der Waals surface area contributed by atoms with Crippen molar-refractivity contribution < 1.29 is 4.39 Å². The minimum absolute atomic E-state index is 0. The summed E-state index contributed by atoms with van der Waals surface area (Å²) < 4.78 is 13.1. The fourth-order valence-corrected chi connectivity index (χ4v) is 1.10. The highest BCUT2D eigenvalue weighted by Crippen LogP contribution is 2.20. The molecule has 0 saturated heterocycles. The Morgan fingerprint density at radius 2 is 1.77 bits per heavy atom. The van der Waals surface area contributed by atoms with E-state index < -0.39 is 0 Å². The zero-order valence-corrected chi connectivity index (χ0v) is 8.64. The second-order valence-corrected chi connectivity index (χ2v) is 3.29. The van der Waals surface area contributed by atoms with Gasteiger partial charge in [-0.1, -0.05) is 32.0 Å². The summed E-state index contributed by atoms with van der Waals surface area (Å²) in [7, 11) is 0. The Labute approximate surface area is 84.5 Å². The highest BCUT2D eigenvalue weighted by Gasteiger charge is 2.13. The third-order valence-electron chi connectivity index (χ3n) is 1.98. The van der Waals surface area contributed by atoms with Gasteiger partial charge in [-0.3, -0.25) is 0 Å².